The Bertz CT molecular complexity index is 460. The van der Waals surface area contributed by atoms with E-state index in [-0.39, 0.29) is 6.61 Å². The Balaban J connectivity index is 1.85. The van der Waals surface area contributed by atoms with Crippen LogP contribution in [0.2, 0.25) is 0 Å². The van der Waals surface area contributed by atoms with Gasteiger partial charge in [0.25, 0.3) is 0 Å². The first-order chi connectivity index (χ1) is 11.6. The summed E-state index contributed by atoms with van der Waals surface area (Å²) >= 11 is 0. The minimum absolute atomic E-state index is 0.280. The SMILES string of the molecule is CCCCc1ncc(CN2CCN(CCC(C)C)C(CCO)C2)[nH]1. The number of hydrogen-bond acceptors (Lipinski definition) is 4. The monoisotopic (exact) mass is 336 g/mol. The fraction of sp³-hybridized carbons (Fsp3) is 0.842. The van der Waals surface area contributed by atoms with Crippen LogP contribution in [0.1, 0.15) is 58.0 Å². The number of aromatic nitrogens is 2. The van der Waals surface area contributed by atoms with E-state index in [1.54, 1.807) is 0 Å². The van der Waals surface area contributed by atoms with Gasteiger partial charge in [0.05, 0.1) is 0 Å². The number of H-pyrrole nitrogens is 1. The van der Waals surface area contributed by atoms with Crippen molar-refractivity contribution in [3.05, 3.63) is 17.7 Å². The second kappa shape index (κ2) is 10.2. The quantitative estimate of drug-likeness (QED) is 0.690. The van der Waals surface area contributed by atoms with E-state index in [1.807, 2.05) is 6.20 Å². The topological polar surface area (TPSA) is 55.4 Å². The van der Waals surface area contributed by atoms with E-state index < -0.39 is 0 Å². The van der Waals surface area contributed by atoms with Crippen molar-refractivity contribution < 1.29 is 5.11 Å². The second-order valence-electron chi connectivity index (χ2n) is 7.58. The smallest absolute Gasteiger partial charge is 0.106 e. The average molecular weight is 337 g/mol. The molecule has 0 spiro atoms. The predicted molar refractivity (Wildman–Crippen MR) is 99.0 cm³/mol. The lowest BCUT2D eigenvalue weighted by Crippen LogP contribution is -2.53. The standard InChI is InChI=1S/C19H36N4O/c1-4-5-6-19-20-13-17(21-19)14-22-10-11-23(9-7-16(2)3)18(15-22)8-12-24/h13,16,18,24H,4-12,14-15H2,1-3H3,(H,20,21). The number of aryl methyl sites for hydroxylation is 1. The third-order valence-electron chi connectivity index (χ3n) is 4.99. The summed E-state index contributed by atoms with van der Waals surface area (Å²) in [5, 5.41) is 9.41. The molecular weight excluding hydrogens is 300 g/mol. The van der Waals surface area contributed by atoms with Gasteiger partial charge in [-0.25, -0.2) is 4.98 Å². The fourth-order valence-electron chi connectivity index (χ4n) is 3.44. The molecule has 1 unspecified atom stereocenters. The summed E-state index contributed by atoms with van der Waals surface area (Å²) in [7, 11) is 0. The molecule has 1 aliphatic heterocycles. The van der Waals surface area contributed by atoms with Crippen molar-refractivity contribution in [3.63, 3.8) is 0 Å². The number of aliphatic hydroxyl groups excluding tert-OH is 1. The Labute approximate surface area is 147 Å². The van der Waals surface area contributed by atoms with E-state index in [2.05, 4.69) is 40.5 Å². The van der Waals surface area contributed by atoms with E-state index in [9.17, 15) is 5.11 Å². The lowest BCUT2D eigenvalue weighted by molar-refractivity contribution is 0.0518. The Kier molecular flexibility index (Phi) is 8.22. The zero-order chi connectivity index (χ0) is 17.4. The number of piperazine rings is 1. The fourth-order valence-corrected chi connectivity index (χ4v) is 3.44. The van der Waals surface area contributed by atoms with Crippen LogP contribution in [0.5, 0.6) is 0 Å². The molecule has 1 saturated heterocycles. The van der Waals surface area contributed by atoms with Gasteiger partial charge in [-0.2, -0.15) is 0 Å². The van der Waals surface area contributed by atoms with Gasteiger partial charge in [-0.3, -0.25) is 9.80 Å². The van der Waals surface area contributed by atoms with Crippen LogP contribution in [-0.4, -0.2) is 63.7 Å². The molecule has 0 bridgehead atoms. The van der Waals surface area contributed by atoms with Gasteiger partial charge >= 0.3 is 0 Å². The number of rotatable bonds is 10. The highest BCUT2D eigenvalue weighted by atomic mass is 16.3. The number of aliphatic hydroxyl groups is 1. The molecule has 1 aliphatic rings. The van der Waals surface area contributed by atoms with Gasteiger partial charge in [0.15, 0.2) is 0 Å². The van der Waals surface area contributed by atoms with Crippen molar-refractivity contribution in [2.45, 2.75) is 65.5 Å². The highest BCUT2D eigenvalue weighted by molar-refractivity contribution is 5.02. The average Bonchev–Trinajstić information content (AvgIpc) is 3.00. The molecule has 0 aliphatic carbocycles. The molecule has 1 aromatic heterocycles. The van der Waals surface area contributed by atoms with Crippen LogP contribution in [0.25, 0.3) is 0 Å². The Hall–Kier alpha value is -0.910. The van der Waals surface area contributed by atoms with E-state index in [0.29, 0.717) is 6.04 Å². The Morgan fingerprint density at radius 1 is 1.38 bits per heavy atom. The van der Waals surface area contributed by atoms with Gasteiger partial charge in [0, 0.05) is 57.1 Å². The molecule has 5 heteroatoms. The summed E-state index contributed by atoms with van der Waals surface area (Å²) in [6.45, 7) is 12.4. The summed E-state index contributed by atoms with van der Waals surface area (Å²) in [4.78, 5) is 13.1. The van der Waals surface area contributed by atoms with Crippen molar-refractivity contribution in [2.24, 2.45) is 5.92 Å². The summed E-state index contributed by atoms with van der Waals surface area (Å²) in [5.41, 5.74) is 1.22. The molecule has 2 N–H and O–H groups in total. The van der Waals surface area contributed by atoms with Crippen molar-refractivity contribution in [1.82, 2.24) is 19.8 Å². The normalized spacial score (nSPS) is 20.1. The van der Waals surface area contributed by atoms with Crippen LogP contribution in [0, 0.1) is 5.92 Å². The molecule has 2 heterocycles. The van der Waals surface area contributed by atoms with Crippen LogP contribution in [0.3, 0.4) is 0 Å². The Morgan fingerprint density at radius 2 is 2.21 bits per heavy atom. The maximum atomic E-state index is 9.41. The van der Waals surface area contributed by atoms with Gasteiger partial charge < -0.3 is 10.1 Å². The van der Waals surface area contributed by atoms with Crippen molar-refractivity contribution in [2.75, 3.05) is 32.8 Å². The van der Waals surface area contributed by atoms with Crippen molar-refractivity contribution >= 4 is 0 Å². The van der Waals surface area contributed by atoms with E-state index in [1.165, 1.54) is 25.0 Å². The third-order valence-corrected chi connectivity index (χ3v) is 4.99. The molecule has 0 aromatic carbocycles. The number of imidazole rings is 1. The number of hydrogen-bond donors (Lipinski definition) is 2. The minimum atomic E-state index is 0.280. The molecule has 1 atom stereocenters. The number of unbranched alkanes of at least 4 members (excludes halogenated alkanes) is 1. The third kappa shape index (κ3) is 6.19. The van der Waals surface area contributed by atoms with Gasteiger partial charge in [-0.1, -0.05) is 27.2 Å². The van der Waals surface area contributed by atoms with Crippen LogP contribution in [0.4, 0.5) is 0 Å². The summed E-state index contributed by atoms with van der Waals surface area (Å²) in [6, 6.07) is 0.477. The first kappa shape index (κ1) is 19.4. The van der Waals surface area contributed by atoms with E-state index >= 15 is 0 Å². The molecule has 138 valence electrons. The minimum Gasteiger partial charge on any atom is -0.396 e. The molecule has 24 heavy (non-hydrogen) atoms. The molecule has 5 nitrogen and oxygen atoms in total. The van der Waals surface area contributed by atoms with Crippen LogP contribution in [-0.2, 0) is 13.0 Å². The zero-order valence-electron chi connectivity index (χ0n) is 15.8. The van der Waals surface area contributed by atoms with E-state index in [4.69, 9.17) is 0 Å². The van der Waals surface area contributed by atoms with Crippen molar-refractivity contribution in [3.8, 4) is 0 Å². The zero-order valence-corrected chi connectivity index (χ0v) is 15.8. The van der Waals surface area contributed by atoms with Gasteiger partial charge in [-0.05, 0) is 31.7 Å². The summed E-state index contributed by atoms with van der Waals surface area (Å²) in [5.74, 6) is 1.86. The first-order valence-corrected chi connectivity index (χ1v) is 9.72. The van der Waals surface area contributed by atoms with Crippen LogP contribution < -0.4 is 0 Å². The Morgan fingerprint density at radius 3 is 2.92 bits per heavy atom. The van der Waals surface area contributed by atoms with E-state index in [0.717, 1.165) is 57.3 Å². The summed E-state index contributed by atoms with van der Waals surface area (Å²) < 4.78 is 0. The number of nitrogens with one attached hydrogen (secondary N) is 1. The lowest BCUT2D eigenvalue weighted by atomic mass is 10.1. The number of aromatic amines is 1. The highest BCUT2D eigenvalue weighted by Crippen LogP contribution is 2.17. The maximum absolute atomic E-state index is 9.41. The molecule has 0 radical (unpaired) electrons. The molecular formula is C19H36N4O. The van der Waals surface area contributed by atoms with Crippen molar-refractivity contribution in [1.29, 1.82) is 0 Å². The highest BCUT2D eigenvalue weighted by Gasteiger charge is 2.26. The summed E-state index contributed by atoms with van der Waals surface area (Å²) in [6.07, 6.45) is 7.56. The van der Waals surface area contributed by atoms with Gasteiger partial charge in [0.1, 0.15) is 5.82 Å². The maximum Gasteiger partial charge on any atom is 0.106 e. The first-order valence-electron chi connectivity index (χ1n) is 9.72. The molecule has 1 fully saturated rings. The molecule has 1 aromatic rings. The number of nitrogens with zero attached hydrogens (tertiary/aromatic N) is 3. The lowest BCUT2D eigenvalue weighted by Gasteiger charge is -2.41. The van der Waals surface area contributed by atoms with Gasteiger partial charge in [0.2, 0.25) is 0 Å². The molecule has 2 rings (SSSR count). The second-order valence-corrected chi connectivity index (χ2v) is 7.58. The van der Waals surface area contributed by atoms with Crippen LogP contribution in [0.15, 0.2) is 6.20 Å². The van der Waals surface area contributed by atoms with Crippen LogP contribution >= 0.6 is 0 Å². The largest absolute Gasteiger partial charge is 0.396 e. The molecule has 0 amide bonds. The predicted octanol–water partition coefficient (Wildman–Crippen LogP) is 2.67. The van der Waals surface area contributed by atoms with Gasteiger partial charge in [-0.15, -0.1) is 0 Å². The molecule has 0 saturated carbocycles.